The molecular weight excluding hydrogens is 396 g/mol. The van der Waals surface area contributed by atoms with E-state index in [-0.39, 0.29) is 24.2 Å². The Morgan fingerprint density at radius 1 is 1.28 bits per heavy atom. The standard InChI is InChI=1S/C18H16F4N4O3/c1-28-8-3-9-10-7-26(17(27)13-5-14(25-24-13)18(20,21)22)15(29-2)6-12(10)23-16(9)11(19)4-8/h3-5,15,23H,6-7H2,1-2H3,(H,24,25)/t15-/m1/s1. The molecule has 29 heavy (non-hydrogen) atoms. The molecule has 7 nitrogen and oxygen atoms in total. The number of fused-ring (bicyclic) bond motifs is 3. The molecule has 1 aromatic carbocycles. The van der Waals surface area contributed by atoms with Crippen molar-refractivity contribution >= 4 is 16.8 Å². The molecule has 1 atom stereocenters. The van der Waals surface area contributed by atoms with Gasteiger partial charge in [0.2, 0.25) is 0 Å². The zero-order chi connectivity index (χ0) is 20.9. The lowest BCUT2D eigenvalue weighted by atomic mass is 10.0. The molecule has 0 saturated heterocycles. The third-order valence-electron chi connectivity index (χ3n) is 4.95. The number of hydrogen-bond acceptors (Lipinski definition) is 4. The molecule has 11 heteroatoms. The van der Waals surface area contributed by atoms with Crippen LogP contribution in [0.3, 0.4) is 0 Å². The molecule has 154 valence electrons. The maximum absolute atomic E-state index is 14.4. The maximum Gasteiger partial charge on any atom is 0.432 e. The third kappa shape index (κ3) is 3.20. The first-order valence-corrected chi connectivity index (χ1v) is 8.56. The number of carbonyl (C=O) groups is 1. The van der Waals surface area contributed by atoms with E-state index in [0.717, 1.165) is 0 Å². The van der Waals surface area contributed by atoms with Gasteiger partial charge in [-0.2, -0.15) is 18.3 Å². The number of carbonyl (C=O) groups excluding carboxylic acids is 1. The van der Waals surface area contributed by atoms with Crippen LogP contribution < -0.4 is 4.74 Å². The number of H-pyrrole nitrogens is 2. The van der Waals surface area contributed by atoms with Gasteiger partial charge in [0.25, 0.3) is 5.91 Å². The number of halogens is 4. The minimum atomic E-state index is -4.65. The van der Waals surface area contributed by atoms with E-state index in [2.05, 4.69) is 10.1 Å². The molecule has 0 spiro atoms. The quantitative estimate of drug-likeness (QED) is 0.647. The van der Waals surface area contributed by atoms with Gasteiger partial charge in [0.05, 0.1) is 19.2 Å². The van der Waals surface area contributed by atoms with Crippen molar-refractivity contribution in [2.24, 2.45) is 0 Å². The van der Waals surface area contributed by atoms with Gasteiger partial charge in [-0.25, -0.2) is 4.39 Å². The Labute approximate surface area is 161 Å². The normalized spacial score (nSPS) is 16.9. The highest BCUT2D eigenvalue weighted by atomic mass is 19.4. The van der Waals surface area contributed by atoms with Crippen LogP contribution in [0, 0.1) is 5.82 Å². The van der Waals surface area contributed by atoms with Crippen molar-refractivity contribution in [1.82, 2.24) is 20.1 Å². The number of benzene rings is 1. The summed E-state index contributed by atoms with van der Waals surface area (Å²) >= 11 is 0. The Kier molecular flexibility index (Phi) is 4.49. The van der Waals surface area contributed by atoms with Crippen LogP contribution >= 0.6 is 0 Å². The smallest absolute Gasteiger partial charge is 0.432 e. The van der Waals surface area contributed by atoms with Crippen molar-refractivity contribution < 1.29 is 31.8 Å². The zero-order valence-corrected chi connectivity index (χ0v) is 15.4. The molecule has 0 fully saturated rings. The second-order valence-electron chi connectivity index (χ2n) is 6.61. The number of amides is 1. The fraction of sp³-hybridized carbons (Fsp3) is 0.333. The predicted octanol–water partition coefficient (Wildman–Crippen LogP) is 3.23. The van der Waals surface area contributed by atoms with Crippen LogP contribution in [0.4, 0.5) is 17.6 Å². The fourth-order valence-electron chi connectivity index (χ4n) is 3.50. The maximum atomic E-state index is 14.4. The van der Waals surface area contributed by atoms with Gasteiger partial charge in [0.1, 0.15) is 17.7 Å². The van der Waals surface area contributed by atoms with Crippen LogP contribution in [0.1, 0.15) is 27.4 Å². The molecule has 2 N–H and O–H groups in total. The van der Waals surface area contributed by atoms with Crippen LogP contribution in [-0.2, 0) is 23.9 Å². The number of rotatable bonds is 3. The molecule has 0 aliphatic carbocycles. The Morgan fingerprint density at radius 2 is 2.03 bits per heavy atom. The summed E-state index contributed by atoms with van der Waals surface area (Å²) in [4.78, 5) is 17.1. The highest BCUT2D eigenvalue weighted by molar-refractivity contribution is 5.94. The summed E-state index contributed by atoms with van der Waals surface area (Å²) in [6.45, 7) is 0.00743. The SMILES string of the molecule is COc1cc(F)c2[nH]c3c(c2c1)CN(C(=O)c1cc(C(F)(F)F)[nH]n1)[C@H](OC)C3. The largest absolute Gasteiger partial charge is 0.497 e. The van der Waals surface area contributed by atoms with E-state index in [1.54, 1.807) is 6.07 Å². The molecule has 1 amide bonds. The number of ether oxygens (including phenoxy) is 2. The number of nitrogens with one attached hydrogen (secondary N) is 2. The highest BCUT2D eigenvalue weighted by Gasteiger charge is 2.37. The van der Waals surface area contributed by atoms with Gasteiger partial charge in [0.15, 0.2) is 11.5 Å². The van der Waals surface area contributed by atoms with Gasteiger partial charge >= 0.3 is 6.18 Å². The Hall–Kier alpha value is -3.08. The summed E-state index contributed by atoms with van der Waals surface area (Å²) < 4.78 is 63.3. The van der Waals surface area contributed by atoms with E-state index >= 15 is 0 Å². The summed E-state index contributed by atoms with van der Waals surface area (Å²) in [6.07, 6.45) is -5.18. The first-order chi connectivity index (χ1) is 13.7. The van der Waals surface area contributed by atoms with Crippen LogP contribution in [-0.4, -0.2) is 46.4 Å². The molecule has 3 heterocycles. The summed E-state index contributed by atoms with van der Waals surface area (Å²) in [6, 6.07) is 3.53. The lowest BCUT2D eigenvalue weighted by molar-refractivity contribution is -0.141. The summed E-state index contributed by atoms with van der Waals surface area (Å²) in [5.41, 5.74) is 0.0871. The van der Waals surface area contributed by atoms with Crippen molar-refractivity contribution in [2.75, 3.05) is 14.2 Å². The van der Waals surface area contributed by atoms with Gasteiger partial charge in [-0.15, -0.1) is 0 Å². The van der Waals surface area contributed by atoms with Crippen molar-refractivity contribution in [3.05, 3.63) is 46.7 Å². The van der Waals surface area contributed by atoms with E-state index in [0.29, 0.717) is 28.5 Å². The molecule has 2 aromatic heterocycles. The number of alkyl halides is 3. The van der Waals surface area contributed by atoms with E-state index in [9.17, 15) is 22.4 Å². The fourth-order valence-corrected chi connectivity index (χ4v) is 3.50. The van der Waals surface area contributed by atoms with Gasteiger partial charge in [-0.05, 0) is 6.07 Å². The van der Waals surface area contributed by atoms with Crippen molar-refractivity contribution in [3.63, 3.8) is 0 Å². The van der Waals surface area contributed by atoms with E-state index in [1.807, 2.05) is 5.10 Å². The molecule has 3 aromatic rings. The predicted molar refractivity (Wildman–Crippen MR) is 92.8 cm³/mol. The van der Waals surface area contributed by atoms with Gasteiger partial charge < -0.3 is 19.4 Å². The number of methoxy groups -OCH3 is 2. The summed E-state index contributed by atoms with van der Waals surface area (Å²) in [5.74, 6) is -0.930. The number of aromatic amines is 2. The van der Waals surface area contributed by atoms with Crippen molar-refractivity contribution in [1.29, 1.82) is 0 Å². The molecule has 0 unspecified atom stereocenters. The monoisotopic (exact) mass is 412 g/mol. The van der Waals surface area contributed by atoms with Crippen LogP contribution in [0.15, 0.2) is 18.2 Å². The first-order valence-electron chi connectivity index (χ1n) is 8.56. The molecule has 4 rings (SSSR count). The van der Waals surface area contributed by atoms with E-state index < -0.39 is 29.8 Å². The van der Waals surface area contributed by atoms with Crippen molar-refractivity contribution in [3.8, 4) is 5.75 Å². The molecular formula is C18H16F4N4O3. The van der Waals surface area contributed by atoms with E-state index in [4.69, 9.17) is 9.47 Å². The van der Waals surface area contributed by atoms with Crippen LogP contribution in [0.5, 0.6) is 5.75 Å². The second kappa shape index (κ2) is 6.76. The minimum Gasteiger partial charge on any atom is -0.497 e. The van der Waals surface area contributed by atoms with Crippen molar-refractivity contribution in [2.45, 2.75) is 25.4 Å². The lowest BCUT2D eigenvalue weighted by Crippen LogP contribution is -2.45. The Morgan fingerprint density at radius 3 is 2.66 bits per heavy atom. The average Bonchev–Trinajstić information content (AvgIpc) is 3.31. The summed E-state index contributed by atoms with van der Waals surface area (Å²) in [5, 5.41) is 5.85. The Bertz CT molecular complexity index is 1090. The molecule has 0 bridgehead atoms. The van der Waals surface area contributed by atoms with Gasteiger partial charge in [0, 0.05) is 42.3 Å². The molecule has 0 radical (unpaired) electrons. The van der Waals surface area contributed by atoms with E-state index in [1.165, 1.54) is 25.2 Å². The average molecular weight is 412 g/mol. The Balaban J connectivity index is 1.73. The molecule has 0 saturated carbocycles. The lowest BCUT2D eigenvalue weighted by Gasteiger charge is -2.34. The van der Waals surface area contributed by atoms with Gasteiger partial charge in [-0.1, -0.05) is 0 Å². The number of nitrogens with zero attached hydrogens (tertiary/aromatic N) is 2. The molecule has 1 aliphatic heterocycles. The highest BCUT2D eigenvalue weighted by Crippen LogP contribution is 2.35. The number of aromatic nitrogens is 3. The third-order valence-corrected chi connectivity index (χ3v) is 4.95. The second-order valence-corrected chi connectivity index (χ2v) is 6.61. The van der Waals surface area contributed by atoms with Crippen LogP contribution in [0.2, 0.25) is 0 Å². The number of hydrogen-bond donors (Lipinski definition) is 2. The topological polar surface area (TPSA) is 83.2 Å². The van der Waals surface area contributed by atoms with Crippen LogP contribution in [0.25, 0.3) is 10.9 Å². The summed E-state index contributed by atoms with van der Waals surface area (Å²) in [7, 11) is 2.79. The van der Waals surface area contributed by atoms with Gasteiger partial charge in [-0.3, -0.25) is 9.89 Å². The zero-order valence-electron chi connectivity index (χ0n) is 15.4. The molecule has 1 aliphatic rings. The minimum absolute atomic E-state index is 0.00743. The first kappa shape index (κ1) is 19.2.